The fraction of sp³-hybridized carbons (Fsp3) is 0.300. The number of fused-ring (bicyclic) bond motifs is 1. The van der Waals surface area contributed by atoms with Crippen LogP contribution in [0.2, 0.25) is 0 Å². The molecule has 1 saturated heterocycles. The molecule has 4 rings (SSSR count). The number of rotatable bonds is 3. The van der Waals surface area contributed by atoms with Gasteiger partial charge in [-0.3, -0.25) is 4.57 Å². The second-order valence-corrected chi connectivity index (χ2v) is 6.55. The average molecular weight is 336 g/mol. The van der Waals surface area contributed by atoms with Crippen LogP contribution in [-0.4, -0.2) is 17.7 Å². The molecule has 2 heterocycles. The van der Waals surface area contributed by atoms with E-state index >= 15 is 0 Å². The Morgan fingerprint density at radius 2 is 1.60 bits per heavy atom. The van der Waals surface area contributed by atoms with E-state index in [0.717, 1.165) is 25.9 Å². The van der Waals surface area contributed by atoms with Crippen molar-refractivity contribution in [1.82, 2.24) is 4.57 Å². The van der Waals surface area contributed by atoms with E-state index in [0.29, 0.717) is 23.4 Å². The minimum atomic E-state index is -0.561. The lowest BCUT2D eigenvalue weighted by atomic mass is 9.96. The number of para-hydroxylation sites is 2. The lowest BCUT2D eigenvalue weighted by Crippen LogP contribution is -2.36. The SMILES string of the molecule is O=c1oc(=O)n(CC2CCN(c3ccccc3)CC2)c2ccccc12. The van der Waals surface area contributed by atoms with Crippen LogP contribution < -0.4 is 16.3 Å². The lowest BCUT2D eigenvalue weighted by molar-refractivity contribution is 0.328. The zero-order valence-electron chi connectivity index (χ0n) is 13.9. The first-order chi connectivity index (χ1) is 12.2. The molecule has 0 amide bonds. The molecule has 5 nitrogen and oxygen atoms in total. The van der Waals surface area contributed by atoms with Crippen LogP contribution in [0.3, 0.4) is 0 Å². The van der Waals surface area contributed by atoms with Crippen molar-refractivity contribution in [2.75, 3.05) is 18.0 Å². The van der Waals surface area contributed by atoms with Crippen LogP contribution in [0, 0.1) is 5.92 Å². The summed E-state index contributed by atoms with van der Waals surface area (Å²) in [7, 11) is 0. The summed E-state index contributed by atoms with van der Waals surface area (Å²) in [5, 5.41) is 0.462. The molecule has 0 spiro atoms. The van der Waals surface area contributed by atoms with Gasteiger partial charge in [0.15, 0.2) is 0 Å². The van der Waals surface area contributed by atoms with Gasteiger partial charge in [0, 0.05) is 25.3 Å². The molecule has 1 aliphatic rings. The summed E-state index contributed by atoms with van der Waals surface area (Å²) in [6.07, 6.45) is 2.02. The van der Waals surface area contributed by atoms with Gasteiger partial charge in [0.25, 0.3) is 0 Å². The molecule has 0 radical (unpaired) electrons. The van der Waals surface area contributed by atoms with Gasteiger partial charge < -0.3 is 9.32 Å². The first kappa shape index (κ1) is 15.7. The third kappa shape index (κ3) is 3.09. The predicted molar refractivity (Wildman–Crippen MR) is 98.1 cm³/mol. The summed E-state index contributed by atoms with van der Waals surface area (Å²) >= 11 is 0. The van der Waals surface area contributed by atoms with Gasteiger partial charge in [-0.2, -0.15) is 0 Å². The van der Waals surface area contributed by atoms with Crippen molar-refractivity contribution in [3.05, 3.63) is 75.6 Å². The minimum absolute atomic E-state index is 0.397. The van der Waals surface area contributed by atoms with Gasteiger partial charge >= 0.3 is 11.4 Å². The Hall–Kier alpha value is -2.82. The van der Waals surface area contributed by atoms with Crippen molar-refractivity contribution < 1.29 is 4.42 Å². The van der Waals surface area contributed by atoms with Crippen molar-refractivity contribution in [2.45, 2.75) is 19.4 Å². The molecule has 5 heteroatoms. The van der Waals surface area contributed by atoms with Gasteiger partial charge in [0.1, 0.15) is 0 Å². The molecule has 1 fully saturated rings. The monoisotopic (exact) mass is 336 g/mol. The average Bonchev–Trinajstić information content (AvgIpc) is 2.66. The highest BCUT2D eigenvalue weighted by Crippen LogP contribution is 2.24. The summed E-state index contributed by atoms with van der Waals surface area (Å²) in [6, 6.07) is 17.5. The lowest BCUT2D eigenvalue weighted by Gasteiger charge is -2.33. The molecule has 0 bridgehead atoms. The molecule has 0 N–H and O–H groups in total. The van der Waals surface area contributed by atoms with Crippen LogP contribution in [0.15, 0.2) is 68.6 Å². The fourth-order valence-electron chi connectivity index (χ4n) is 3.61. The summed E-state index contributed by atoms with van der Waals surface area (Å²) in [6.45, 7) is 2.53. The van der Waals surface area contributed by atoms with E-state index in [1.807, 2.05) is 18.2 Å². The van der Waals surface area contributed by atoms with E-state index in [1.54, 1.807) is 16.7 Å². The minimum Gasteiger partial charge on any atom is -0.372 e. The topological polar surface area (TPSA) is 55.5 Å². The van der Waals surface area contributed by atoms with E-state index in [9.17, 15) is 9.59 Å². The molecule has 0 saturated carbocycles. The van der Waals surface area contributed by atoms with E-state index in [2.05, 4.69) is 29.2 Å². The van der Waals surface area contributed by atoms with Crippen molar-refractivity contribution in [3.63, 3.8) is 0 Å². The maximum Gasteiger partial charge on any atom is 0.422 e. The second-order valence-electron chi connectivity index (χ2n) is 6.55. The Balaban J connectivity index is 1.54. The second kappa shape index (κ2) is 6.59. The van der Waals surface area contributed by atoms with E-state index < -0.39 is 11.4 Å². The zero-order chi connectivity index (χ0) is 17.2. The van der Waals surface area contributed by atoms with Gasteiger partial charge in [0.2, 0.25) is 0 Å². The van der Waals surface area contributed by atoms with E-state index in [-0.39, 0.29) is 0 Å². The Morgan fingerprint density at radius 1 is 0.920 bits per heavy atom. The number of nitrogens with zero attached hydrogens (tertiary/aromatic N) is 2. The predicted octanol–water partition coefficient (Wildman–Crippen LogP) is 2.87. The number of hydrogen-bond donors (Lipinski definition) is 0. The van der Waals surface area contributed by atoms with Gasteiger partial charge in [-0.25, -0.2) is 9.59 Å². The molecular weight excluding hydrogens is 316 g/mol. The molecule has 3 aromatic rings. The summed E-state index contributed by atoms with van der Waals surface area (Å²) in [5.41, 5.74) is 1.35. The van der Waals surface area contributed by atoms with Gasteiger partial charge in [-0.05, 0) is 43.0 Å². The van der Waals surface area contributed by atoms with Crippen molar-refractivity contribution in [1.29, 1.82) is 0 Å². The Kier molecular flexibility index (Phi) is 4.14. The Labute approximate surface area is 145 Å². The van der Waals surface area contributed by atoms with Crippen LogP contribution in [0.4, 0.5) is 5.69 Å². The van der Waals surface area contributed by atoms with Crippen molar-refractivity contribution in [2.24, 2.45) is 5.92 Å². The summed E-state index contributed by atoms with van der Waals surface area (Å²) < 4.78 is 6.51. The zero-order valence-corrected chi connectivity index (χ0v) is 13.9. The number of benzene rings is 2. The van der Waals surface area contributed by atoms with Crippen molar-refractivity contribution in [3.8, 4) is 0 Å². The molecule has 128 valence electrons. The fourth-order valence-corrected chi connectivity index (χ4v) is 3.61. The standard InChI is InChI=1S/C20H20N2O3/c23-19-17-8-4-5-9-18(17)22(20(24)25-19)14-15-10-12-21(13-11-15)16-6-2-1-3-7-16/h1-9,15H,10-14H2. The molecule has 0 unspecified atom stereocenters. The first-order valence-corrected chi connectivity index (χ1v) is 8.65. The highest BCUT2D eigenvalue weighted by molar-refractivity contribution is 5.77. The van der Waals surface area contributed by atoms with Gasteiger partial charge in [0.05, 0.1) is 10.9 Å². The number of aromatic nitrogens is 1. The molecule has 0 aliphatic carbocycles. The van der Waals surface area contributed by atoms with Crippen LogP contribution in [0.25, 0.3) is 10.9 Å². The largest absolute Gasteiger partial charge is 0.422 e. The highest BCUT2D eigenvalue weighted by atomic mass is 16.4. The molecule has 25 heavy (non-hydrogen) atoms. The van der Waals surface area contributed by atoms with Crippen LogP contribution in [-0.2, 0) is 6.54 Å². The normalized spacial score (nSPS) is 15.6. The van der Waals surface area contributed by atoms with Crippen LogP contribution in [0.5, 0.6) is 0 Å². The molecule has 0 atom stereocenters. The van der Waals surface area contributed by atoms with Gasteiger partial charge in [-0.1, -0.05) is 30.3 Å². The third-order valence-corrected chi connectivity index (χ3v) is 4.99. The molecular formula is C20H20N2O3. The Bertz CT molecular complexity index is 983. The van der Waals surface area contributed by atoms with Crippen molar-refractivity contribution >= 4 is 16.6 Å². The number of hydrogen-bond acceptors (Lipinski definition) is 4. The third-order valence-electron chi connectivity index (χ3n) is 4.99. The smallest absolute Gasteiger partial charge is 0.372 e. The maximum absolute atomic E-state index is 12.2. The maximum atomic E-state index is 12.2. The molecule has 1 aliphatic heterocycles. The van der Waals surface area contributed by atoms with Crippen LogP contribution >= 0.6 is 0 Å². The highest BCUT2D eigenvalue weighted by Gasteiger charge is 2.21. The number of piperidine rings is 1. The quantitative estimate of drug-likeness (QED) is 0.738. The molecule has 1 aromatic heterocycles. The van der Waals surface area contributed by atoms with Gasteiger partial charge in [-0.15, -0.1) is 0 Å². The van der Waals surface area contributed by atoms with E-state index in [4.69, 9.17) is 4.42 Å². The summed E-state index contributed by atoms with van der Waals surface area (Å²) in [5.74, 6) is -0.164. The summed E-state index contributed by atoms with van der Waals surface area (Å²) in [4.78, 5) is 26.4. The van der Waals surface area contributed by atoms with E-state index in [1.165, 1.54) is 5.69 Å². The first-order valence-electron chi connectivity index (χ1n) is 8.65. The Morgan fingerprint density at radius 3 is 2.36 bits per heavy atom. The number of anilines is 1. The molecule has 2 aromatic carbocycles. The van der Waals surface area contributed by atoms with Crippen LogP contribution in [0.1, 0.15) is 12.8 Å².